The number of ether oxygens (including phenoxy) is 2. The highest BCUT2D eigenvalue weighted by Gasteiger charge is 2.66. The summed E-state index contributed by atoms with van der Waals surface area (Å²) in [7, 11) is 0. The van der Waals surface area contributed by atoms with Crippen molar-refractivity contribution in [2.24, 2.45) is 17.8 Å². The minimum Gasteiger partial charge on any atom is -0.511 e. The number of fused-ring (bicyclic) bond motifs is 4. The Morgan fingerprint density at radius 1 is 0.980 bits per heavy atom. The smallest absolute Gasteiger partial charge is 0.230 e. The molecule has 2 bridgehead atoms. The van der Waals surface area contributed by atoms with Crippen LogP contribution in [-0.4, -0.2) is 83.5 Å². The van der Waals surface area contributed by atoms with E-state index in [1.807, 2.05) is 12.1 Å². The maximum atomic E-state index is 14.1. The number of ketones is 2. The second-order valence-corrected chi connectivity index (χ2v) is 13.1. The maximum absolute atomic E-state index is 14.1. The highest BCUT2D eigenvalue weighted by Crippen LogP contribution is 2.48. The Labute approximate surface area is 281 Å². The van der Waals surface area contributed by atoms with Crippen LogP contribution in [0.4, 0.5) is 5.82 Å². The molecule has 1 fully saturated rings. The number of aliphatic hydroxyl groups is 6. The zero-order chi connectivity index (χ0) is 34.7. The van der Waals surface area contributed by atoms with E-state index in [2.05, 4.69) is 4.98 Å². The van der Waals surface area contributed by atoms with E-state index in [1.165, 1.54) is 36.5 Å². The van der Waals surface area contributed by atoms with Crippen LogP contribution < -0.4 is 10.5 Å². The summed E-state index contributed by atoms with van der Waals surface area (Å²) in [6.07, 6.45) is 2.71. The molecule has 0 amide bonds. The lowest BCUT2D eigenvalue weighted by atomic mass is 9.64. The molecule has 8 atom stereocenters. The molecule has 4 aliphatic rings. The fourth-order valence-electron chi connectivity index (χ4n) is 7.57. The lowest BCUT2D eigenvalue weighted by Gasteiger charge is -2.57. The van der Waals surface area contributed by atoms with Crippen molar-refractivity contribution in [3.8, 4) is 5.75 Å². The van der Waals surface area contributed by atoms with Crippen molar-refractivity contribution in [1.29, 1.82) is 0 Å². The highest BCUT2D eigenvalue weighted by molar-refractivity contribution is 6.19. The van der Waals surface area contributed by atoms with Crippen molar-refractivity contribution in [3.63, 3.8) is 0 Å². The molecule has 8 unspecified atom stereocenters. The number of allylic oxidation sites excluding steroid dienone is 4. The molecular formula is C37H36N2O10. The molecule has 254 valence electrons. The van der Waals surface area contributed by atoms with E-state index in [1.54, 1.807) is 36.4 Å². The molecule has 7 rings (SSSR count). The number of hydrogen-bond acceptors (Lipinski definition) is 12. The predicted octanol–water partition coefficient (Wildman–Crippen LogP) is 1.74. The molecular weight excluding hydrogens is 632 g/mol. The van der Waals surface area contributed by atoms with Gasteiger partial charge in [0.2, 0.25) is 6.29 Å². The van der Waals surface area contributed by atoms with Gasteiger partial charge in [0.25, 0.3) is 0 Å². The highest BCUT2D eigenvalue weighted by atomic mass is 16.7. The number of rotatable bonds is 8. The van der Waals surface area contributed by atoms with Crippen LogP contribution in [0.25, 0.3) is 0 Å². The standard InChI is InChI=1S/C37H36N2O10/c38-28-16-20(8-10-39-28)13-23-7-9-36(18-41)35(46)37(23,47)33(45)34(49-36)48-27-6-2-5-24-30(27)32(44)29-25(31(24)43)14-22(15-26(29)42)12-19-3-1-4-21(11-19)17-40/h1-11,14-16,23,25,29,33-35,40-42,45-47H,12-13,17-18H2,(H2,38,39). The van der Waals surface area contributed by atoms with E-state index in [9.17, 15) is 40.2 Å². The number of carbonyl (C=O) groups is 2. The van der Waals surface area contributed by atoms with E-state index in [4.69, 9.17) is 15.2 Å². The van der Waals surface area contributed by atoms with Crippen molar-refractivity contribution in [2.45, 2.75) is 49.1 Å². The number of anilines is 1. The molecule has 1 aromatic heterocycles. The van der Waals surface area contributed by atoms with Crippen molar-refractivity contribution in [3.05, 3.63) is 124 Å². The fraction of sp³-hybridized carbons (Fsp3) is 0.324. The first kappa shape index (κ1) is 32.8. The number of carbonyl (C=O) groups excluding carboxylic acids is 2. The Hall–Kier alpha value is -4.69. The van der Waals surface area contributed by atoms with Gasteiger partial charge in [-0.1, -0.05) is 54.6 Å². The van der Waals surface area contributed by atoms with Gasteiger partial charge in [-0.2, -0.15) is 0 Å². The van der Waals surface area contributed by atoms with Gasteiger partial charge in [0.1, 0.15) is 40.7 Å². The number of aliphatic hydroxyl groups excluding tert-OH is 5. The second kappa shape index (κ2) is 12.3. The summed E-state index contributed by atoms with van der Waals surface area (Å²) in [6.45, 7) is -0.907. The number of benzene rings is 2. The van der Waals surface area contributed by atoms with E-state index in [-0.39, 0.29) is 41.5 Å². The Balaban J connectivity index is 1.20. The van der Waals surface area contributed by atoms with Gasteiger partial charge in [-0.3, -0.25) is 9.59 Å². The lowest BCUT2D eigenvalue weighted by Crippen LogP contribution is -2.76. The topological polar surface area (TPSA) is 213 Å². The summed E-state index contributed by atoms with van der Waals surface area (Å²) >= 11 is 0. The van der Waals surface area contributed by atoms with Gasteiger partial charge in [-0.05, 0) is 59.4 Å². The molecule has 2 aromatic carbocycles. The molecule has 2 heterocycles. The second-order valence-electron chi connectivity index (χ2n) is 13.1. The monoisotopic (exact) mass is 668 g/mol. The number of pyridine rings is 1. The van der Waals surface area contributed by atoms with Crippen LogP contribution in [0, 0.1) is 17.8 Å². The molecule has 1 aliphatic heterocycles. The van der Waals surface area contributed by atoms with Gasteiger partial charge in [0.05, 0.1) is 30.6 Å². The number of nitrogens with zero attached hydrogens (tertiary/aromatic N) is 1. The third kappa shape index (κ3) is 5.37. The van der Waals surface area contributed by atoms with Crippen molar-refractivity contribution in [2.75, 3.05) is 12.3 Å². The molecule has 1 saturated heterocycles. The number of hydrogen-bond donors (Lipinski definition) is 7. The molecule has 8 N–H and O–H groups in total. The van der Waals surface area contributed by atoms with Crippen LogP contribution in [0.15, 0.2) is 96.4 Å². The van der Waals surface area contributed by atoms with Crippen LogP contribution in [-0.2, 0) is 24.2 Å². The summed E-state index contributed by atoms with van der Waals surface area (Å²) in [5, 5.41) is 65.9. The molecule has 12 nitrogen and oxygen atoms in total. The van der Waals surface area contributed by atoms with Gasteiger partial charge in [-0.25, -0.2) is 4.98 Å². The minimum absolute atomic E-state index is 0.0467. The molecule has 49 heavy (non-hydrogen) atoms. The summed E-state index contributed by atoms with van der Waals surface area (Å²) < 4.78 is 12.0. The molecule has 0 radical (unpaired) electrons. The summed E-state index contributed by atoms with van der Waals surface area (Å²) in [6, 6.07) is 14.9. The average molecular weight is 669 g/mol. The first-order chi connectivity index (χ1) is 23.5. The van der Waals surface area contributed by atoms with Gasteiger partial charge >= 0.3 is 0 Å². The first-order valence-corrected chi connectivity index (χ1v) is 15.9. The van der Waals surface area contributed by atoms with Crippen molar-refractivity contribution >= 4 is 17.4 Å². The van der Waals surface area contributed by atoms with Crippen LogP contribution in [0.3, 0.4) is 0 Å². The van der Waals surface area contributed by atoms with E-state index < -0.39 is 65.6 Å². The summed E-state index contributed by atoms with van der Waals surface area (Å²) in [5.41, 5.74) is 4.47. The fourth-order valence-corrected chi connectivity index (χ4v) is 7.57. The van der Waals surface area contributed by atoms with E-state index >= 15 is 0 Å². The predicted molar refractivity (Wildman–Crippen MR) is 174 cm³/mol. The molecule has 0 saturated carbocycles. The molecule has 3 aromatic rings. The third-order valence-electron chi connectivity index (χ3n) is 10.1. The Morgan fingerprint density at radius 3 is 2.51 bits per heavy atom. The van der Waals surface area contributed by atoms with Crippen molar-refractivity contribution in [1.82, 2.24) is 4.98 Å². The number of nitrogens with two attached hydrogens (primary N) is 1. The van der Waals surface area contributed by atoms with Crippen LogP contribution in [0.2, 0.25) is 0 Å². The quantitative estimate of drug-likeness (QED) is 0.171. The normalized spacial score (nSPS) is 31.8. The maximum Gasteiger partial charge on any atom is 0.230 e. The number of nitrogen functional groups attached to an aromatic ring is 1. The first-order valence-electron chi connectivity index (χ1n) is 15.9. The van der Waals surface area contributed by atoms with Crippen LogP contribution in [0.1, 0.15) is 37.4 Å². The van der Waals surface area contributed by atoms with Crippen LogP contribution in [0.5, 0.6) is 5.75 Å². The molecule has 0 spiro atoms. The molecule has 3 aliphatic carbocycles. The largest absolute Gasteiger partial charge is 0.511 e. The Bertz CT molecular complexity index is 1920. The zero-order valence-electron chi connectivity index (χ0n) is 26.2. The lowest BCUT2D eigenvalue weighted by molar-refractivity contribution is -0.349. The average Bonchev–Trinajstić information content (AvgIpc) is 3.09. The minimum atomic E-state index is -2.29. The Morgan fingerprint density at radius 2 is 1.76 bits per heavy atom. The Kier molecular flexibility index (Phi) is 8.26. The van der Waals surface area contributed by atoms with Gasteiger partial charge < -0.3 is 45.8 Å². The van der Waals surface area contributed by atoms with E-state index in [0.29, 0.717) is 17.6 Å². The summed E-state index contributed by atoms with van der Waals surface area (Å²) in [5.74, 6) is -4.28. The molecule has 12 heteroatoms. The van der Waals surface area contributed by atoms with Gasteiger partial charge in [0, 0.05) is 17.7 Å². The zero-order valence-corrected chi connectivity index (χ0v) is 26.2. The van der Waals surface area contributed by atoms with Gasteiger partial charge in [-0.15, -0.1) is 0 Å². The summed E-state index contributed by atoms with van der Waals surface area (Å²) in [4.78, 5) is 31.9. The van der Waals surface area contributed by atoms with Crippen molar-refractivity contribution < 1.29 is 49.7 Å². The van der Waals surface area contributed by atoms with Crippen LogP contribution >= 0.6 is 0 Å². The number of Topliss-reactive ketones (excluding diaryl/α,β-unsaturated/α-hetero) is 2. The van der Waals surface area contributed by atoms with E-state index in [0.717, 1.165) is 11.1 Å². The third-order valence-corrected chi connectivity index (χ3v) is 10.1. The number of aromatic nitrogens is 1. The van der Waals surface area contributed by atoms with Gasteiger partial charge in [0.15, 0.2) is 11.6 Å². The SMILES string of the molecule is Nc1cc(CC2C=CC3(CO)OC(Oc4cccc5c4C(=O)C4C(O)=CC(Cc6cccc(CO)c6)=CC4C5=O)C(O)C2(O)C3O)ccn1.